The van der Waals surface area contributed by atoms with Crippen LogP contribution in [0, 0.1) is 0 Å². The van der Waals surface area contributed by atoms with E-state index in [4.69, 9.17) is 14.6 Å². The minimum Gasteiger partial charge on any atom is -0.486 e. The van der Waals surface area contributed by atoms with Crippen LogP contribution in [0.5, 0.6) is 11.5 Å². The zero-order valence-electron chi connectivity index (χ0n) is 10.6. The Morgan fingerprint density at radius 3 is 2.60 bits per heavy atom. The quantitative estimate of drug-likeness (QED) is 0.909. The summed E-state index contributed by atoms with van der Waals surface area (Å²) in [5.74, 6) is 1.60. The van der Waals surface area contributed by atoms with Gasteiger partial charge in [-0.3, -0.25) is 0 Å². The number of ether oxygens (including phenoxy) is 2. The summed E-state index contributed by atoms with van der Waals surface area (Å²) in [5, 5.41) is 9.12. The molecule has 0 amide bonds. The van der Waals surface area contributed by atoms with Crippen molar-refractivity contribution in [2.24, 2.45) is 0 Å². The Kier molecular flexibility index (Phi) is 4.19. The van der Waals surface area contributed by atoms with Crippen molar-refractivity contribution in [2.75, 3.05) is 13.2 Å². The van der Waals surface area contributed by atoms with Crippen LogP contribution in [0.2, 0.25) is 0 Å². The van der Waals surface area contributed by atoms with Gasteiger partial charge in [0.2, 0.25) is 0 Å². The second-order valence-electron chi connectivity index (χ2n) is 4.33. The normalized spacial score (nSPS) is 13.3. The number of rotatable bonds is 3. The van der Waals surface area contributed by atoms with Crippen LogP contribution in [0.15, 0.2) is 50.7 Å². The smallest absolute Gasteiger partial charge is 0.162 e. The number of benzene rings is 2. The maximum atomic E-state index is 9.12. The van der Waals surface area contributed by atoms with Gasteiger partial charge in [-0.15, -0.1) is 0 Å². The van der Waals surface area contributed by atoms with Gasteiger partial charge >= 0.3 is 0 Å². The van der Waals surface area contributed by atoms with E-state index in [0.29, 0.717) is 13.2 Å². The zero-order chi connectivity index (χ0) is 13.9. The molecule has 2 aromatic carbocycles. The first-order valence-electron chi connectivity index (χ1n) is 6.23. The highest BCUT2D eigenvalue weighted by Gasteiger charge is 2.12. The van der Waals surface area contributed by atoms with Crippen molar-refractivity contribution in [1.82, 2.24) is 0 Å². The van der Waals surface area contributed by atoms with E-state index >= 15 is 0 Å². The van der Waals surface area contributed by atoms with Crippen LogP contribution in [-0.2, 0) is 6.61 Å². The highest BCUT2D eigenvalue weighted by atomic mass is 79.9. The van der Waals surface area contributed by atoms with Crippen LogP contribution in [-0.4, -0.2) is 18.3 Å². The summed E-state index contributed by atoms with van der Waals surface area (Å²) in [7, 11) is 0. The maximum Gasteiger partial charge on any atom is 0.162 e. The number of halogens is 1. The molecular formula is C15H13BrO3S. The minimum atomic E-state index is 0.0492. The summed E-state index contributed by atoms with van der Waals surface area (Å²) in [4.78, 5) is 2.19. The molecule has 0 aromatic heterocycles. The Hall–Kier alpha value is -1.17. The first-order chi connectivity index (χ1) is 9.76. The lowest BCUT2D eigenvalue weighted by atomic mass is 10.2. The highest BCUT2D eigenvalue weighted by molar-refractivity contribution is 9.10. The van der Waals surface area contributed by atoms with Crippen molar-refractivity contribution in [1.29, 1.82) is 0 Å². The molecule has 0 saturated heterocycles. The number of hydrogen-bond acceptors (Lipinski definition) is 4. The largest absolute Gasteiger partial charge is 0.486 e. The fraction of sp³-hybridized carbons (Fsp3) is 0.200. The number of aliphatic hydroxyl groups excluding tert-OH is 1. The Morgan fingerprint density at radius 1 is 1.05 bits per heavy atom. The first kappa shape index (κ1) is 13.8. The van der Waals surface area contributed by atoms with Crippen molar-refractivity contribution >= 4 is 27.7 Å². The van der Waals surface area contributed by atoms with Crippen molar-refractivity contribution in [3.8, 4) is 11.5 Å². The van der Waals surface area contributed by atoms with Gasteiger partial charge in [-0.05, 0) is 51.8 Å². The summed E-state index contributed by atoms with van der Waals surface area (Å²) in [5.41, 5.74) is 0.892. The molecule has 0 fully saturated rings. The molecule has 5 heteroatoms. The van der Waals surface area contributed by atoms with Crippen LogP contribution >= 0.6 is 27.7 Å². The zero-order valence-corrected chi connectivity index (χ0v) is 13.0. The molecule has 1 aliphatic heterocycles. The van der Waals surface area contributed by atoms with Crippen LogP contribution in [0.1, 0.15) is 5.56 Å². The van der Waals surface area contributed by atoms with E-state index in [0.717, 1.165) is 31.3 Å². The molecule has 0 aliphatic carbocycles. The van der Waals surface area contributed by atoms with Gasteiger partial charge in [0.25, 0.3) is 0 Å². The molecule has 0 unspecified atom stereocenters. The van der Waals surface area contributed by atoms with Gasteiger partial charge in [-0.1, -0.05) is 17.8 Å². The third-order valence-electron chi connectivity index (χ3n) is 2.92. The molecule has 3 nitrogen and oxygen atoms in total. The van der Waals surface area contributed by atoms with Crippen LogP contribution in [0.4, 0.5) is 0 Å². The third kappa shape index (κ3) is 2.95. The van der Waals surface area contributed by atoms with Crippen LogP contribution < -0.4 is 9.47 Å². The van der Waals surface area contributed by atoms with Gasteiger partial charge in [-0.2, -0.15) is 0 Å². The van der Waals surface area contributed by atoms with E-state index in [1.807, 2.05) is 36.4 Å². The third-order valence-corrected chi connectivity index (χ3v) is 4.90. The Labute approximate surface area is 130 Å². The average Bonchev–Trinajstić information content (AvgIpc) is 2.49. The van der Waals surface area contributed by atoms with Crippen LogP contribution in [0.25, 0.3) is 0 Å². The highest BCUT2D eigenvalue weighted by Crippen LogP contribution is 2.39. The molecule has 3 rings (SSSR count). The Bertz CT molecular complexity index is 631. The molecule has 0 bridgehead atoms. The van der Waals surface area contributed by atoms with Gasteiger partial charge in [0, 0.05) is 14.3 Å². The molecule has 0 radical (unpaired) electrons. The fourth-order valence-corrected chi connectivity index (χ4v) is 3.46. The predicted octanol–water partition coefficient (Wildman–Crippen LogP) is 3.86. The van der Waals surface area contributed by atoms with E-state index in [9.17, 15) is 0 Å². The molecule has 1 heterocycles. The fourth-order valence-electron chi connectivity index (χ4n) is 1.94. The molecule has 0 spiro atoms. The summed E-state index contributed by atoms with van der Waals surface area (Å²) < 4.78 is 12.1. The molecule has 1 N–H and O–H groups in total. The van der Waals surface area contributed by atoms with Gasteiger partial charge in [0.05, 0.1) is 6.61 Å². The predicted molar refractivity (Wildman–Crippen MR) is 81.6 cm³/mol. The summed E-state index contributed by atoms with van der Waals surface area (Å²) >= 11 is 5.17. The second-order valence-corrected chi connectivity index (χ2v) is 6.30. The molecular weight excluding hydrogens is 340 g/mol. The van der Waals surface area contributed by atoms with Gasteiger partial charge in [0.1, 0.15) is 13.2 Å². The van der Waals surface area contributed by atoms with Crippen molar-refractivity contribution < 1.29 is 14.6 Å². The van der Waals surface area contributed by atoms with E-state index in [1.54, 1.807) is 11.8 Å². The maximum absolute atomic E-state index is 9.12. The van der Waals surface area contributed by atoms with Crippen molar-refractivity contribution in [3.05, 3.63) is 46.4 Å². The monoisotopic (exact) mass is 352 g/mol. The first-order valence-corrected chi connectivity index (χ1v) is 7.84. The SMILES string of the molecule is OCc1ccc(Sc2ccc3c(c2)OCCO3)c(Br)c1. The van der Waals surface area contributed by atoms with E-state index < -0.39 is 0 Å². The number of fused-ring (bicyclic) bond motifs is 1. The van der Waals surface area contributed by atoms with Crippen molar-refractivity contribution in [2.45, 2.75) is 16.4 Å². The lowest BCUT2D eigenvalue weighted by Gasteiger charge is -2.18. The van der Waals surface area contributed by atoms with E-state index in [-0.39, 0.29) is 6.61 Å². The molecule has 2 aromatic rings. The van der Waals surface area contributed by atoms with Gasteiger partial charge < -0.3 is 14.6 Å². The Morgan fingerprint density at radius 2 is 1.85 bits per heavy atom. The molecule has 20 heavy (non-hydrogen) atoms. The topological polar surface area (TPSA) is 38.7 Å². The Balaban J connectivity index is 1.84. The lowest BCUT2D eigenvalue weighted by molar-refractivity contribution is 0.171. The second kappa shape index (κ2) is 6.08. The number of aliphatic hydroxyl groups is 1. The molecule has 1 aliphatic rings. The standard InChI is InChI=1S/C15H13BrO3S/c16-12-7-10(9-17)1-4-15(12)20-11-2-3-13-14(8-11)19-6-5-18-13/h1-4,7-8,17H,5-6,9H2. The van der Waals surface area contributed by atoms with E-state index in [1.165, 1.54) is 0 Å². The number of hydrogen-bond donors (Lipinski definition) is 1. The average molecular weight is 353 g/mol. The molecule has 0 saturated carbocycles. The summed E-state index contributed by atoms with van der Waals surface area (Å²) in [6.45, 7) is 1.25. The molecule has 104 valence electrons. The lowest BCUT2D eigenvalue weighted by Crippen LogP contribution is -2.15. The summed E-state index contributed by atoms with van der Waals surface area (Å²) in [6.07, 6.45) is 0. The minimum absolute atomic E-state index is 0.0492. The molecule has 0 atom stereocenters. The van der Waals surface area contributed by atoms with Crippen molar-refractivity contribution in [3.63, 3.8) is 0 Å². The van der Waals surface area contributed by atoms with Crippen LogP contribution in [0.3, 0.4) is 0 Å². The van der Waals surface area contributed by atoms with Gasteiger partial charge in [0.15, 0.2) is 11.5 Å². The summed E-state index contributed by atoms with van der Waals surface area (Å²) in [6, 6.07) is 11.8. The van der Waals surface area contributed by atoms with E-state index in [2.05, 4.69) is 15.9 Å². The van der Waals surface area contributed by atoms with Gasteiger partial charge in [-0.25, -0.2) is 0 Å².